The van der Waals surface area contributed by atoms with Crippen LogP contribution >= 0.6 is 0 Å². The van der Waals surface area contributed by atoms with Crippen LogP contribution < -0.4 is 5.32 Å². The molecule has 0 spiro atoms. The van der Waals surface area contributed by atoms with Gasteiger partial charge in [0.1, 0.15) is 0 Å². The van der Waals surface area contributed by atoms with Crippen LogP contribution in [0.4, 0.5) is 0 Å². The minimum Gasteiger partial charge on any atom is -0.384 e. The average Bonchev–Trinajstić information content (AvgIpc) is 2.37. The SMILES string of the molecule is C=CCN(CCOC)CC1(COC)CCNCC1. The highest BCUT2D eigenvalue weighted by molar-refractivity contribution is 4.89. The van der Waals surface area contributed by atoms with Crippen molar-refractivity contribution in [3.05, 3.63) is 12.7 Å². The molecular weight excluding hydrogens is 228 g/mol. The minimum atomic E-state index is 0.288. The molecule has 0 saturated carbocycles. The summed E-state index contributed by atoms with van der Waals surface area (Å²) in [5.74, 6) is 0. The fourth-order valence-corrected chi connectivity index (χ4v) is 2.72. The monoisotopic (exact) mass is 256 g/mol. The first kappa shape index (κ1) is 15.6. The van der Waals surface area contributed by atoms with Crippen molar-refractivity contribution in [2.45, 2.75) is 12.8 Å². The first-order chi connectivity index (χ1) is 8.76. The summed E-state index contributed by atoms with van der Waals surface area (Å²) in [6.07, 6.45) is 4.33. The number of piperidine rings is 1. The molecule has 106 valence electrons. The fourth-order valence-electron chi connectivity index (χ4n) is 2.72. The summed E-state index contributed by atoms with van der Waals surface area (Å²) in [5, 5.41) is 3.43. The number of nitrogens with one attached hydrogen (secondary N) is 1. The highest BCUT2D eigenvalue weighted by Gasteiger charge is 2.33. The molecule has 4 heteroatoms. The van der Waals surface area contributed by atoms with E-state index in [2.05, 4.69) is 16.8 Å². The second kappa shape index (κ2) is 8.64. The summed E-state index contributed by atoms with van der Waals surface area (Å²) in [6.45, 7) is 10.6. The van der Waals surface area contributed by atoms with Crippen molar-refractivity contribution in [3.8, 4) is 0 Å². The maximum atomic E-state index is 5.46. The van der Waals surface area contributed by atoms with Gasteiger partial charge in [-0.2, -0.15) is 0 Å². The molecule has 1 aliphatic rings. The smallest absolute Gasteiger partial charge is 0.0589 e. The summed E-state index contributed by atoms with van der Waals surface area (Å²) in [7, 11) is 3.55. The number of nitrogens with zero attached hydrogens (tertiary/aromatic N) is 1. The van der Waals surface area contributed by atoms with E-state index in [0.29, 0.717) is 0 Å². The molecule has 0 radical (unpaired) electrons. The van der Waals surface area contributed by atoms with Crippen molar-refractivity contribution in [1.29, 1.82) is 0 Å². The van der Waals surface area contributed by atoms with E-state index in [-0.39, 0.29) is 5.41 Å². The van der Waals surface area contributed by atoms with Gasteiger partial charge in [-0.05, 0) is 25.9 Å². The molecular formula is C14H28N2O2. The highest BCUT2D eigenvalue weighted by atomic mass is 16.5. The van der Waals surface area contributed by atoms with E-state index in [4.69, 9.17) is 9.47 Å². The standard InChI is InChI=1S/C14H28N2O2/c1-4-9-16(10-11-17-2)12-14(13-18-3)5-7-15-8-6-14/h4,15H,1,5-13H2,2-3H3. The number of ether oxygens (including phenoxy) is 2. The van der Waals surface area contributed by atoms with E-state index in [1.807, 2.05) is 6.08 Å². The summed E-state index contributed by atoms with van der Waals surface area (Å²) in [5.41, 5.74) is 0.288. The summed E-state index contributed by atoms with van der Waals surface area (Å²) < 4.78 is 10.6. The van der Waals surface area contributed by atoms with Gasteiger partial charge < -0.3 is 14.8 Å². The lowest BCUT2D eigenvalue weighted by Crippen LogP contribution is -2.48. The molecule has 18 heavy (non-hydrogen) atoms. The zero-order valence-electron chi connectivity index (χ0n) is 11.9. The molecule has 1 rings (SSSR count). The topological polar surface area (TPSA) is 33.7 Å². The van der Waals surface area contributed by atoms with Crippen molar-refractivity contribution in [1.82, 2.24) is 10.2 Å². The van der Waals surface area contributed by atoms with Crippen molar-refractivity contribution in [3.63, 3.8) is 0 Å². The molecule has 4 nitrogen and oxygen atoms in total. The van der Waals surface area contributed by atoms with Gasteiger partial charge in [0, 0.05) is 39.3 Å². The van der Waals surface area contributed by atoms with E-state index in [1.54, 1.807) is 14.2 Å². The molecule has 0 aromatic rings. The minimum absolute atomic E-state index is 0.288. The maximum Gasteiger partial charge on any atom is 0.0589 e. The Morgan fingerprint density at radius 2 is 2.00 bits per heavy atom. The molecule has 1 saturated heterocycles. The Balaban J connectivity index is 2.56. The van der Waals surface area contributed by atoms with Gasteiger partial charge in [0.15, 0.2) is 0 Å². The predicted molar refractivity (Wildman–Crippen MR) is 74.9 cm³/mol. The van der Waals surface area contributed by atoms with Crippen molar-refractivity contribution in [2.24, 2.45) is 5.41 Å². The Kier molecular flexibility index (Phi) is 7.51. The third kappa shape index (κ3) is 5.06. The average molecular weight is 256 g/mol. The van der Waals surface area contributed by atoms with Crippen LogP contribution in [0.3, 0.4) is 0 Å². The van der Waals surface area contributed by atoms with Gasteiger partial charge in [0.05, 0.1) is 13.2 Å². The zero-order valence-corrected chi connectivity index (χ0v) is 11.9. The molecule has 0 bridgehead atoms. The van der Waals surface area contributed by atoms with Crippen molar-refractivity contribution >= 4 is 0 Å². The summed E-state index contributed by atoms with van der Waals surface area (Å²) in [4.78, 5) is 2.42. The molecule has 0 amide bonds. The van der Waals surface area contributed by atoms with Crippen LogP contribution in [0.15, 0.2) is 12.7 Å². The Morgan fingerprint density at radius 1 is 1.28 bits per heavy atom. The van der Waals surface area contributed by atoms with E-state index in [1.165, 1.54) is 12.8 Å². The zero-order chi connectivity index (χ0) is 13.3. The van der Waals surface area contributed by atoms with Crippen LogP contribution in [0.2, 0.25) is 0 Å². The van der Waals surface area contributed by atoms with Crippen LogP contribution in [0.1, 0.15) is 12.8 Å². The Bertz CT molecular complexity index is 222. The van der Waals surface area contributed by atoms with E-state index < -0.39 is 0 Å². The lowest BCUT2D eigenvalue weighted by molar-refractivity contribution is 0.0194. The van der Waals surface area contributed by atoms with Gasteiger partial charge in [-0.25, -0.2) is 0 Å². The normalized spacial score (nSPS) is 19.1. The molecule has 0 aromatic carbocycles. The number of hydrogen-bond donors (Lipinski definition) is 1. The van der Waals surface area contributed by atoms with Crippen molar-refractivity contribution in [2.75, 3.05) is 60.2 Å². The molecule has 0 atom stereocenters. The van der Waals surface area contributed by atoms with E-state index in [0.717, 1.165) is 45.9 Å². The van der Waals surface area contributed by atoms with Gasteiger partial charge in [-0.15, -0.1) is 6.58 Å². The molecule has 1 aliphatic heterocycles. The van der Waals surface area contributed by atoms with Crippen LogP contribution in [-0.4, -0.2) is 65.1 Å². The first-order valence-electron chi connectivity index (χ1n) is 6.78. The second-order valence-corrected chi connectivity index (χ2v) is 5.20. The lowest BCUT2D eigenvalue weighted by Gasteiger charge is -2.40. The first-order valence-corrected chi connectivity index (χ1v) is 6.78. The highest BCUT2D eigenvalue weighted by Crippen LogP contribution is 2.30. The Hall–Kier alpha value is -0.420. The molecule has 1 fully saturated rings. The Morgan fingerprint density at radius 3 is 2.56 bits per heavy atom. The van der Waals surface area contributed by atoms with Gasteiger partial charge in [0.2, 0.25) is 0 Å². The molecule has 0 unspecified atom stereocenters. The summed E-state index contributed by atoms with van der Waals surface area (Å²) >= 11 is 0. The molecule has 0 aromatic heterocycles. The lowest BCUT2D eigenvalue weighted by atomic mass is 9.79. The maximum absolute atomic E-state index is 5.46. The van der Waals surface area contributed by atoms with Crippen LogP contribution in [-0.2, 0) is 9.47 Å². The summed E-state index contributed by atoms with van der Waals surface area (Å²) in [6, 6.07) is 0. The number of hydrogen-bond acceptors (Lipinski definition) is 4. The molecule has 1 heterocycles. The fraction of sp³-hybridized carbons (Fsp3) is 0.857. The van der Waals surface area contributed by atoms with E-state index in [9.17, 15) is 0 Å². The van der Waals surface area contributed by atoms with Gasteiger partial charge in [-0.3, -0.25) is 4.90 Å². The van der Waals surface area contributed by atoms with Crippen LogP contribution in [0.5, 0.6) is 0 Å². The number of rotatable bonds is 9. The molecule has 0 aliphatic carbocycles. The molecule has 1 N–H and O–H groups in total. The van der Waals surface area contributed by atoms with Crippen LogP contribution in [0.25, 0.3) is 0 Å². The van der Waals surface area contributed by atoms with E-state index >= 15 is 0 Å². The van der Waals surface area contributed by atoms with Crippen molar-refractivity contribution < 1.29 is 9.47 Å². The third-order valence-electron chi connectivity index (χ3n) is 3.67. The van der Waals surface area contributed by atoms with Gasteiger partial charge in [-0.1, -0.05) is 6.08 Å². The quantitative estimate of drug-likeness (QED) is 0.627. The predicted octanol–water partition coefficient (Wildman–Crippen LogP) is 1.14. The third-order valence-corrected chi connectivity index (χ3v) is 3.67. The van der Waals surface area contributed by atoms with Gasteiger partial charge >= 0.3 is 0 Å². The largest absolute Gasteiger partial charge is 0.384 e. The van der Waals surface area contributed by atoms with Gasteiger partial charge in [0.25, 0.3) is 0 Å². The number of methoxy groups -OCH3 is 2. The van der Waals surface area contributed by atoms with Crippen LogP contribution in [0, 0.1) is 5.41 Å². The Labute approximate surface area is 111 Å². The second-order valence-electron chi connectivity index (χ2n) is 5.20.